The summed E-state index contributed by atoms with van der Waals surface area (Å²) in [5.74, 6) is -2.24. The molecule has 0 aliphatic carbocycles. The van der Waals surface area contributed by atoms with Crippen LogP contribution in [0.3, 0.4) is 0 Å². The molecule has 45 heavy (non-hydrogen) atoms. The number of alkyl halides is 5. The first-order chi connectivity index (χ1) is 21.2. The summed E-state index contributed by atoms with van der Waals surface area (Å²) >= 11 is 1.94. The van der Waals surface area contributed by atoms with Crippen LogP contribution in [0.4, 0.5) is 22.0 Å². The molecular formula is C32H44F5NO5S2. The second-order valence-electron chi connectivity index (χ2n) is 11.6. The maximum atomic E-state index is 13.0. The minimum Gasteiger partial charge on any atom is -0.497 e. The Labute approximate surface area is 267 Å². The summed E-state index contributed by atoms with van der Waals surface area (Å²) in [5, 5.41) is 0.186. The van der Waals surface area contributed by atoms with Crippen molar-refractivity contribution in [2.45, 2.75) is 87.5 Å². The number of nitrogens with one attached hydrogen (secondary N) is 1. The van der Waals surface area contributed by atoms with Crippen LogP contribution in [0.5, 0.6) is 17.2 Å². The molecule has 2 aromatic rings. The zero-order valence-electron chi connectivity index (χ0n) is 26.1. The summed E-state index contributed by atoms with van der Waals surface area (Å²) in [5.41, 5.74) is 2.10. The maximum absolute atomic E-state index is 13.0. The second kappa shape index (κ2) is 16.5. The summed E-state index contributed by atoms with van der Waals surface area (Å²) in [7, 11) is -0.596. The lowest BCUT2D eigenvalue weighted by Gasteiger charge is -2.42. The number of ether oxygens (including phenoxy) is 3. The Kier molecular flexibility index (Phi) is 13.7. The number of sulfonamides is 1. The van der Waals surface area contributed by atoms with E-state index < -0.39 is 40.7 Å². The average Bonchev–Trinajstić information content (AvgIpc) is 2.99. The Morgan fingerprint density at radius 1 is 0.889 bits per heavy atom. The van der Waals surface area contributed by atoms with Crippen molar-refractivity contribution in [2.75, 3.05) is 38.9 Å². The molecule has 0 fully saturated rings. The number of benzene rings is 2. The molecule has 0 amide bonds. The molecule has 1 heterocycles. The number of methoxy groups -OCH3 is 2. The van der Waals surface area contributed by atoms with Gasteiger partial charge in [0.15, 0.2) is 0 Å². The van der Waals surface area contributed by atoms with Crippen molar-refractivity contribution in [3.63, 3.8) is 0 Å². The van der Waals surface area contributed by atoms with Crippen molar-refractivity contribution < 1.29 is 44.6 Å². The van der Waals surface area contributed by atoms with Gasteiger partial charge in [-0.05, 0) is 48.8 Å². The Balaban J connectivity index is 1.37. The van der Waals surface area contributed by atoms with E-state index in [0.717, 1.165) is 67.1 Å². The molecule has 0 bridgehead atoms. The van der Waals surface area contributed by atoms with E-state index in [0.29, 0.717) is 13.0 Å². The van der Waals surface area contributed by atoms with Crippen molar-refractivity contribution in [3.8, 4) is 17.2 Å². The zero-order valence-corrected chi connectivity index (χ0v) is 27.7. The lowest BCUT2D eigenvalue weighted by atomic mass is 9.76. The number of hydrogen-bond acceptors (Lipinski definition) is 6. The molecule has 0 radical (unpaired) electrons. The molecule has 3 rings (SSSR count). The van der Waals surface area contributed by atoms with Crippen LogP contribution >= 0.6 is 11.8 Å². The van der Waals surface area contributed by atoms with E-state index in [1.165, 1.54) is 5.56 Å². The predicted molar refractivity (Wildman–Crippen MR) is 168 cm³/mol. The zero-order chi connectivity index (χ0) is 33.1. The highest BCUT2D eigenvalue weighted by Gasteiger charge is 2.56. The number of fused-ring (bicyclic) bond motifs is 1. The van der Waals surface area contributed by atoms with E-state index in [4.69, 9.17) is 14.2 Å². The van der Waals surface area contributed by atoms with Crippen LogP contribution in [0.1, 0.15) is 81.1 Å². The van der Waals surface area contributed by atoms with Crippen molar-refractivity contribution >= 4 is 21.8 Å². The van der Waals surface area contributed by atoms with E-state index >= 15 is 0 Å². The number of thioether (sulfide) groups is 1. The summed E-state index contributed by atoms with van der Waals surface area (Å²) in [4.78, 5) is 0. The fraction of sp³-hybridized carbons (Fsp3) is 0.625. The molecule has 13 heteroatoms. The highest BCUT2D eigenvalue weighted by Crippen LogP contribution is 2.53. The lowest BCUT2D eigenvalue weighted by molar-refractivity contribution is -0.284. The van der Waals surface area contributed by atoms with E-state index in [-0.39, 0.29) is 17.2 Å². The van der Waals surface area contributed by atoms with E-state index in [1.54, 1.807) is 14.2 Å². The van der Waals surface area contributed by atoms with Gasteiger partial charge in [-0.25, -0.2) is 13.1 Å². The van der Waals surface area contributed by atoms with Crippen molar-refractivity contribution in [3.05, 3.63) is 53.6 Å². The molecular weight excluding hydrogens is 637 g/mol. The van der Waals surface area contributed by atoms with Crippen LogP contribution < -0.4 is 18.9 Å². The second-order valence-corrected chi connectivity index (χ2v) is 14.7. The highest BCUT2D eigenvalue weighted by atomic mass is 32.2. The van der Waals surface area contributed by atoms with Crippen LogP contribution in [0.2, 0.25) is 0 Å². The Morgan fingerprint density at radius 2 is 1.49 bits per heavy atom. The van der Waals surface area contributed by atoms with Gasteiger partial charge in [0.2, 0.25) is 10.0 Å². The summed E-state index contributed by atoms with van der Waals surface area (Å²) in [6.45, 7) is 2.92. The first-order valence-corrected chi connectivity index (χ1v) is 17.9. The average molecular weight is 682 g/mol. The number of hydrogen-bond donors (Lipinski definition) is 1. The van der Waals surface area contributed by atoms with Gasteiger partial charge in [-0.15, -0.1) is 0 Å². The van der Waals surface area contributed by atoms with Crippen LogP contribution in [-0.4, -0.2) is 59.4 Å². The van der Waals surface area contributed by atoms with Crippen molar-refractivity contribution in [1.29, 1.82) is 0 Å². The normalized spacial score (nSPS) is 18.7. The smallest absolute Gasteiger partial charge is 0.453 e. The van der Waals surface area contributed by atoms with Gasteiger partial charge in [-0.1, -0.05) is 57.2 Å². The van der Waals surface area contributed by atoms with Crippen molar-refractivity contribution in [2.24, 2.45) is 0 Å². The molecule has 6 nitrogen and oxygen atoms in total. The summed E-state index contributed by atoms with van der Waals surface area (Å²) in [6, 6.07) is 14.2. The predicted octanol–water partition coefficient (Wildman–Crippen LogP) is 8.46. The van der Waals surface area contributed by atoms with Gasteiger partial charge in [0.25, 0.3) is 0 Å². The molecule has 1 aliphatic rings. The van der Waals surface area contributed by atoms with Gasteiger partial charge in [0.05, 0.1) is 26.6 Å². The van der Waals surface area contributed by atoms with E-state index in [1.807, 2.05) is 36.0 Å². The SMILES string of the molecule is COc1ccc(C2(C)COc3cc(OC)ccc3C2SCCCCCCCCCNS(=O)(=O)CCCC(F)(F)C(F)(F)F)cc1. The largest absolute Gasteiger partial charge is 0.497 e. The summed E-state index contributed by atoms with van der Waals surface area (Å²) in [6.07, 6.45) is -1.50. The molecule has 2 unspecified atom stereocenters. The molecule has 254 valence electrons. The van der Waals surface area contributed by atoms with Crippen LogP contribution in [0, 0.1) is 0 Å². The molecule has 2 aromatic carbocycles. The molecule has 0 spiro atoms. The molecule has 0 saturated heterocycles. The first kappa shape index (κ1) is 37.2. The van der Waals surface area contributed by atoms with Crippen LogP contribution in [0.15, 0.2) is 42.5 Å². The molecule has 2 atom stereocenters. The minimum atomic E-state index is -5.67. The Hall–Kier alpha value is -2.25. The number of unbranched alkanes of at least 4 members (excludes halogenated alkanes) is 6. The Morgan fingerprint density at radius 3 is 2.11 bits per heavy atom. The van der Waals surface area contributed by atoms with Gasteiger partial charge in [0.1, 0.15) is 17.2 Å². The molecule has 0 saturated carbocycles. The Bertz CT molecular complexity index is 1310. The van der Waals surface area contributed by atoms with Gasteiger partial charge in [-0.2, -0.15) is 33.7 Å². The topological polar surface area (TPSA) is 73.9 Å². The quantitative estimate of drug-likeness (QED) is 0.119. The monoisotopic (exact) mass is 681 g/mol. The third-order valence-corrected chi connectivity index (χ3v) is 11.2. The van der Waals surface area contributed by atoms with Gasteiger partial charge < -0.3 is 14.2 Å². The molecule has 0 aromatic heterocycles. The first-order valence-electron chi connectivity index (χ1n) is 15.2. The van der Waals surface area contributed by atoms with Crippen molar-refractivity contribution in [1.82, 2.24) is 4.72 Å². The standard InChI is InChI=1S/C32H44F5NO5S2/c1-30(24-12-14-25(41-2)15-13-24)23-43-28-22-26(42-3)16-17-27(28)29(30)44-20-10-8-6-4-5-7-9-19-38-45(39,40)21-11-18-31(33,34)32(35,36)37/h12-17,22,29,38H,4-11,18-21,23H2,1-3H3. The van der Waals surface area contributed by atoms with E-state index in [2.05, 4.69) is 29.8 Å². The van der Waals surface area contributed by atoms with Gasteiger partial charge >= 0.3 is 12.1 Å². The number of rotatable bonds is 19. The lowest BCUT2D eigenvalue weighted by Crippen LogP contribution is -2.39. The van der Waals surface area contributed by atoms with E-state index in [9.17, 15) is 30.4 Å². The summed E-state index contributed by atoms with van der Waals surface area (Å²) < 4.78 is 106. The van der Waals surface area contributed by atoms with Crippen LogP contribution in [-0.2, 0) is 15.4 Å². The third-order valence-electron chi connectivity index (χ3n) is 8.11. The fourth-order valence-corrected chi connectivity index (χ4v) is 8.02. The molecule has 1 aliphatic heterocycles. The number of halogens is 5. The highest BCUT2D eigenvalue weighted by molar-refractivity contribution is 7.99. The van der Waals surface area contributed by atoms with Gasteiger partial charge in [0, 0.05) is 35.3 Å². The fourth-order valence-electron chi connectivity index (χ4n) is 5.35. The maximum Gasteiger partial charge on any atom is 0.453 e. The minimum absolute atomic E-state index is 0.139. The van der Waals surface area contributed by atoms with Crippen LogP contribution in [0.25, 0.3) is 0 Å². The van der Waals surface area contributed by atoms with Gasteiger partial charge in [-0.3, -0.25) is 0 Å². The third kappa shape index (κ3) is 10.6. The molecule has 1 N–H and O–H groups in total.